The van der Waals surface area contributed by atoms with Crippen molar-refractivity contribution in [3.8, 4) is 0 Å². The number of fused-ring (bicyclic) bond motifs is 1. The molecule has 0 heterocycles. The fourth-order valence-corrected chi connectivity index (χ4v) is 4.92. The zero-order valence-corrected chi connectivity index (χ0v) is 18.0. The van der Waals surface area contributed by atoms with Gasteiger partial charge in [0, 0.05) is 19.4 Å². The molecule has 1 unspecified atom stereocenters. The van der Waals surface area contributed by atoms with Crippen LogP contribution >= 0.6 is 0 Å². The molecule has 2 saturated carbocycles. The molecule has 28 heavy (non-hydrogen) atoms. The summed E-state index contributed by atoms with van der Waals surface area (Å²) in [6.07, 6.45) is 2.53. The highest BCUT2D eigenvalue weighted by Crippen LogP contribution is 2.53. The van der Waals surface area contributed by atoms with Crippen molar-refractivity contribution in [2.45, 2.75) is 73.0 Å². The van der Waals surface area contributed by atoms with Gasteiger partial charge >= 0.3 is 11.9 Å². The summed E-state index contributed by atoms with van der Waals surface area (Å²) in [4.78, 5) is 36.6. The van der Waals surface area contributed by atoms with Gasteiger partial charge < -0.3 is 9.47 Å². The number of allylic oxidation sites excluding steroid dienone is 1. The molecule has 2 aliphatic rings. The Hall–Kier alpha value is -1.91. The Morgan fingerprint density at radius 1 is 1.25 bits per heavy atom. The summed E-state index contributed by atoms with van der Waals surface area (Å²) < 4.78 is 11.1. The molecule has 2 fully saturated rings. The molecular weight excluding hydrogens is 356 g/mol. The quantitative estimate of drug-likeness (QED) is 0.385. The topological polar surface area (TPSA) is 69.7 Å². The maximum atomic E-state index is 12.8. The lowest BCUT2D eigenvalue weighted by Gasteiger charge is -2.44. The van der Waals surface area contributed by atoms with E-state index in [1.165, 1.54) is 13.0 Å². The molecule has 5 heteroatoms. The summed E-state index contributed by atoms with van der Waals surface area (Å²) in [5.74, 6) is -0.388. The van der Waals surface area contributed by atoms with Crippen molar-refractivity contribution in [2.24, 2.45) is 29.6 Å². The van der Waals surface area contributed by atoms with Crippen LogP contribution < -0.4 is 0 Å². The van der Waals surface area contributed by atoms with Gasteiger partial charge in [-0.15, -0.1) is 0 Å². The number of rotatable bonds is 6. The van der Waals surface area contributed by atoms with Gasteiger partial charge in [0.1, 0.15) is 18.0 Å². The van der Waals surface area contributed by atoms with Gasteiger partial charge in [-0.05, 0) is 55.9 Å². The van der Waals surface area contributed by atoms with E-state index in [-0.39, 0.29) is 47.5 Å². The first-order valence-corrected chi connectivity index (χ1v) is 10.3. The van der Waals surface area contributed by atoms with Gasteiger partial charge in [0.05, 0.1) is 5.92 Å². The molecular formula is C23H34O5. The first-order chi connectivity index (χ1) is 13.1. The normalized spacial score (nSPS) is 31.5. The highest BCUT2D eigenvalue weighted by Gasteiger charge is 2.55. The Balaban J connectivity index is 2.26. The van der Waals surface area contributed by atoms with Crippen LogP contribution in [0.5, 0.6) is 0 Å². The predicted molar refractivity (Wildman–Crippen MR) is 107 cm³/mol. The van der Waals surface area contributed by atoms with E-state index in [4.69, 9.17) is 9.47 Å². The summed E-state index contributed by atoms with van der Waals surface area (Å²) >= 11 is 0. The average molecular weight is 391 g/mol. The summed E-state index contributed by atoms with van der Waals surface area (Å²) in [6, 6.07) is 0. The molecule has 0 radical (unpaired) electrons. The van der Waals surface area contributed by atoms with Crippen LogP contribution in [0.1, 0.15) is 60.8 Å². The Labute approximate surface area is 168 Å². The highest BCUT2D eigenvalue weighted by atomic mass is 16.5. The molecule has 156 valence electrons. The summed E-state index contributed by atoms with van der Waals surface area (Å²) in [7, 11) is 0. The van der Waals surface area contributed by atoms with E-state index in [0.717, 1.165) is 17.6 Å². The summed E-state index contributed by atoms with van der Waals surface area (Å²) in [5.41, 5.74) is 1.79. The standard InChI is InChI=1S/C23H34O5/c1-8-13(4)9-21(26)28-20-11-17(12(2)3)23-18(14(20)5)10-19(25)22(23)15(6)27-16(7)24/h9,12,15,17-18,20,22-23H,5,8,10-11H2,1-4,6-7H3/b13-9+/t15-,17?,18+,20-,22+,23+/m1/s1. The second-order valence-electron chi connectivity index (χ2n) is 8.68. The molecule has 0 aromatic heterocycles. The van der Waals surface area contributed by atoms with E-state index < -0.39 is 6.10 Å². The second kappa shape index (κ2) is 9.06. The Morgan fingerprint density at radius 3 is 2.43 bits per heavy atom. The third-order valence-corrected chi connectivity index (χ3v) is 6.44. The number of esters is 2. The zero-order chi connectivity index (χ0) is 21.2. The lowest BCUT2D eigenvalue weighted by atomic mass is 9.63. The number of Topliss-reactive ketones (excluding diaryl/α,β-unsaturated/α-hetero) is 1. The fourth-order valence-electron chi connectivity index (χ4n) is 4.92. The highest BCUT2D eigenvalue weighted by molar-refractivity contribution is 5.86. The van der Waals surface area contributed by atoms with Gasteiger partial charge in [0.2, 0.25) is 0 Å². The molecule has 5 nitrogen and oxygen atoms in total. The maximum Gasteiger partial charge on any atom is 0.331 e. The monoisotopic (exact) mass is 390 g/mol. The van der Waals surface area contributed by atoms with Crippen LogP contribution in [-0.2, 0) is 23.9 Å². The number of hydrogen-bond donors (Lipinski definition) is 0. The van der Waals surface area contributed by atoms with E-state index in [1.54, 1.807) is 6.92 Å². The first-order valence-electron chi connectivity index (χ1n) is 10.3. The van der Waals surface area contributed by atoms with Crippen molar-refractivity contribution in [1.82, 2.24) is 0 Å². The predicted octanol–water partition coefficient (Wildman–Crippen LogP) is 4.26. The number of hydrogen-bond acceptors (Lipinski definition) is 5. The van der Waals surface area contributed by atoms with Crippen LogP contribution in [0.3, 0.4) is 0 Å². The minimum Gasteiger partial charge on any atom is -0.462 e. The number of ether oxygens (including phenoxy) is 2. The molecule has 0 aromatic carbocycles. The molecule has 0 bridgehead atoms. The molecule has 2 aliphatic carbocycles. The molecule has 2 rings (SSSR count). The van der Waals surface area contributed by atoms with E-state index in [0.29, 0.717) is 18.8 Å². The number of carbonyl (C=O) groups is 3. The molecule has 0 aliphatic heterocycles. The lowest BCUT2D eigenvalue weighted by molar-refractivity contribution is -0.153. The molecule has 0 saturated heterocycles. The van der Waals surface area contributed by atoms with E-state index in [9.17, 15) is 14.4 Å². The van der Waals surface area contributed by atoms with Crippen molar-refractivity contribution in [1.29, 1.82) is 0 Å². The van der Waals surface area contributed by atoms with E-state index in [1.807, 2.05) is 13.8 Å². The van der Waals surface area contributed by atoms with Crippen molar-refractivity contribution < 1.29 is 23.9 Å². The Morgan fingerprint density at radius 2 is 1.89 bits per heavy atom. The van der Waals surface area contributed by atoms with E-state index >= 15 is 0 Å². The molecule has 0 aromatic rings. The first kappa shape index (κ1) is 22.4. The second-order valence-corrected chi connectivity index (χ2v) is 8.68. The smallest absolute Gasteiger partial charge is 0.331 e. The third kappa shape index (κ3) is 4.73. The van der Waals surface area contributed by atoms with Gasteiger partial charge in [-0.3, -0.25) is 9.59 Å². The van der Waals surface area contributed by atoms with Gasteiger partial charge in [-0.1, -0.05) is 32.9 Å². The van der Waals surface area contributed by atoms with Crippen LogP contribution in [0.4, 0.5) is 0 Å². The third-order valence-electron chi connectivity index (χ3n) is 6.44. The van der Waals surface area contributed by atoms with Crippen LogP contribution in [0.25, 0.3) is 0 Å². The minimum atomic E-state index is -0.455. The van der Waals surface area contributed by atoms with Crippen molar-refractivity contribution in [2.75, 3.05) is 0 Å². The minimum absolute atomic E-state index is 0.0364. The van der Waals surface area contributed by atoms with Gasteiger partial charge in [-0.2, -0.15) is 0 Å². The van der Waals surface area contributed by atoms with Gasteiger partial charge in [0.25, 0.3) is 0 Å². The number of ketones is 1. The maximum absolute atomic E-state index is 12.8. The molecule has 0 amide bonds. The van der Waals surface area contributed by atoms with Crippen molar-refractivity contribution in [3.05, 3.63) is 23.8 Å². The van der Waals surface area contributed by atoms with Crippen LogP contribution in [0.2, 0.25) is 0 Å². The molecule has 0 spiro atoms. The van der Waals surface area contributed by atoms with Crippen LogP contribution in [0, 0.1) is 29.6 Å². The summed E-state index contributed by atoms with van der Waals surface area (Å²) in [6.45, 7) is 15.5. The molecule has 0 N–H and O–H groups in total. The lowest BCUT2D eigenvalue weighted by Crippen LogP contribution is -2.44. The van der Waals surface area contributed by atoms with Gasteiger partial charge in [-0.25, -0.2) is 4.79 Å². The largest absolute Gasteiger partial charge is 0.462 e. The summed E-state index contributed by atoms with van der Waals surface area (Å²) in [5, 5.41) is 0. The zero-order valence-electron chi connectivity index (χ0n) is 18.0. The SMILES string of the molecule is C=C1[C@H](OC(=O)/C=C(\C)CC)CC(C(C)C)[C@@H]2[C@@H]([C@@H](C)OC(C)=O)C(=O)C[C@@H]12. The number of carbonyl (C=O) groups excluding carboxylic acids is 3. The Kier molecular flexibility index (Phi) is 7.24. The Bertz CT molecular complexity index is 674. The van der Waals surface area contributed by atoms with Crippen LogP contribution in [-0.4, -0.2) is 29.9 Å². The van der Waals surface area contributed by atoms with Crippen molar-refractivity contribution >= 4 is 17.7 Å². The van der Waals surface area contributed by atoms with Crippen LogP contribution in [0.15, 0.2) is 23.8 Å². The molecule has 6 atom stereocenters. The average Bonchev–Trinajstić information content (AvgIpc) is 2.93. The fraction of sp³-hybridized carbons (Fsp3) is 0.696. The van der Waals surface area contributed by atoms with Crippen molar-refractivity contribution in [3.63, 3.8) is 0 Å². The van der Waals surface area contributed by atoms with E-state index in [2.05, 4.69) is 20.4 Å². The van der Waals surface area contributed by atoms with Gasteiger partial charge in [0.15, 0.2) is 0 Å².